The van der Waals surface area contributed by atoms with Crippen LogP contribution in [0.25, 0.3) is 0 Å². The van der Waals surface area contributed by atoms with E-state index < -0.39 is 35.2 Å². The normalized spacial score (nSPS) is 31.2. The molecular weight excluding hydrogens is 348 g/mol. The molecule has 4 N–H and O–H groups in total. The summed E-state index contributed by atoms with van der Waals surface area (Å²) in [4.78, 5) is 51.6. The van der Waals surface area contributed by atoms with Crippen LogP contribution in [0.1, 0.15) is 18.4 Å². The van der Waals surface area contributed by atoms with Gasteiger partial charge >= 0.3 is 0 Å². The van der Waals surface area contributed by atoms with E-state index in [4.69, 9.17) is 5.73 Å². The summed E-state index contributed by atoms with van der Waals surface area (Å²) >= 11 is 0. The Morgan fingerprint density at radius 1 is 1.26 bits per heavy atom. The van der Waals surface area contributed by atoms with E-state index in [2.05, 4.69) is 17.2 Å². The highest BCUT2D eigenvalue weighted by atomic mass is 16.2. The highest BCUT2D eigenvalue weighted by molar-refractivity contribution is 6.15. The van der Waals surface area contributed by atoms with Crippen molar-refractivity contribution < 1.29 is 19.2 Å². The molecule has 1 spiro atoms. The summed E-state index contributed by atoms with van der Waals surface area (Å²) in [6, 6.07) is 6.61. The number of carbonyl (C=O) groups excluding carboxylic acids is 4. The van der Waals surface area contributed by atoms with Gasteiger partial charge in [-0.3, -0.25) is 29.4 Å². The van der Waals surface area contributed by atoms with E-state index >= 15 is 0 Å². The number of hydrogen-bond acceptors (Lipinski definition) is 5. The summed E-state index contributed by atoms with van der Waals surface area (Å²) in [5.74, 6) is -3.20. The fourth-order valence-corrected chi connectivity index (χ4v) is 4.67. The summed E-state index contributed by atoms with van der Waals surface area (Å²) < 4.78 is 0. The second-order valence-electron chi connectivity index (χ2n) is 7.14. The number of nitrogens with two attached hydrogens (primary N) is 1. The number of benzene rings is 1. The zero-order valence-electron chi connectivity index (χ0n) is 14.6. The Morgan fingerprint density at radius 3 is 2.70 bits per heavy atom. The molecule has 1 aromatic rings. The second-order valence-corrected chi connectivity index (χ2v) is 7.14. The zero-order chi connectivity index (χ0) is 19.3. The smallest absolute Gasteiger partial charge is 0.250 e. The standard InChI is InChI=1S/C19H20N4O4/c1-2-9-23-16(25)14-12(7-8-13(20)24)22-19(15(14)17(23)26)10-5-3-4-6-11(10)21-18(19)27/h2-6,12,14-15,22H,1,7-9H2,(H2,20,24)(H,21,27). The molecule has 140 valence electrons. The molecule has 2 saturated heterocycles. The minimum atomic E-state index is -1.33. The van der Waals surface area contributed by atoms with Crippen molar-refractivity contribution in [3.05, 3.63) is 42.5 Å². The number of para-hydroxylation sites is 1. The number of anilines is 1. The average Bonchev–Trinajstić information content (AvgIpc) is 3.21. The summed E-state index contributed by atoms with van der Waals surface area (Å²) in [6.45, 7) is 3.69. The quantitative estimate of drug-likeness (QED) is 0.493. The highest BCUT2D eigenvalue weighted by Crippen LogP contribution is 2.53. The van der Waals surface area contributed by atoms with E-state index in [0.29, 0.717) is 11.3 Å². The predicted molar refractivity (Wildman–Crippen MR) is 96.0 cm³/mol. The van der Waals surface area contributed by atoms with E-state index in [1.165, 1.54) is 6.08 Å². The molecular formula is C19H20N4O4. The average molecular weight is 368 g/mol. The van der Waals surface area contributed by atoms with Crippen LogP contribution in [0, 0.1) is 11.8 Å². The van der Waals surface area contributed by atoms with Gasteiger partial charge in [0.25, 0.3) is 0 Å². The maximum Gasteiger partial charge on any atom is 0.250 e. The van der Waals surface area contributed by atoms with E-state index in [-0.39, 0.29) is 31.2 Å². The SMILES string of the molecule is C=CCN1C(=O)C2C(CCC(N)=O)NC3(C(=O)Nc4ccccc43)C2C1=O. The molecule has 0 bridgehead atoms. The van der Waals surface area contributed by atoms with E-state index in [0.717, 1.165) is 4.90 Å². The molecule has 3 heterocycles. The van der Waals surface area contributed by atoms with Gasteiger partial charge in [0.05, 0.1) is 11.8 Å². The van der Waals surface area contributed by atoms with Gasteiger partial charge in [0.15, 0.2) is 0 Å². The molecule has 2 fully saturated rings. The van der Waals surface area contributed by atoms with Crippen molar-refractivity contribution in [3.63, 3.8) is 0 Å². The lowest BCUT2D eigenvalue weighted by Gasteiger charge is -2.29. The number of amides is 4. The molecule has 4 atom stereocenters. The molecule has 0 radical (unpaired) electrons. The molecule has 1 aromatic carbocycles. The molecule has 4 unspecified atom stereocenters. The van der Waals surface area contributed by atoms with Gasteiger partial charge in [-0.05, 0) is 12.5 Å². The van der Waals surface area contributed by atoms with Crippen LogP contribution in [0.4, 0.5) is 5.69 Å². The first-order valence-corrected chi connectivity index (χ1v) is 8.85. The van der Waals surface area contributed by atoms with Gasteiger partial charge in [0, 0.05) is 30.3 Å². The third-order valence-electron chi connectivity index (χ3n) is 5.73. The largest absolute Gasteiger partial charge is 0.370 e. The van der Waals surface area contributed by atoms with Crippen LogP contribution >= 0.6 is 0 Å². The van der Waals surface area contributed by atoms with Crippen LogP contribution < -0.4 is 16.4 Å². The number of nitrogens with one attached hydrogen (secondary N) is 2. The van der Waals surface area contributed by atoms with Crippen LogP contribution in [0.3, 0.4) is 0 Å². The molecule has 27 heavy (non-hydrogen) atoms. The molecule has 4 rings (SSSR count). The highest BCUT2D eigenvalue weighted by Gasteiger charge is 2.70. The maximum absolute atomic E-state index is 13.1. The van der Waals surface area contributed by atoms with Gasteiger partial charge < -0.3 is 11.1 Å². The van der Waals surface area contributed by atoms with Gasteiger partial charge in [-0.25, -0.2) is 0 Å². The fraction of sp³-hybridized carbons (Fsp3) is 0.368. The molecule has 3 aliphatic heterocycles. The van der Waals surface area contributed by atoms with Crippen molar-refractivity contribution in [2.24, 2.45) is 17.6 Å². The van der Waals surface area contributed by atoms with Crippen LogP contribution in [-0.2, 0) is 24.7 Å². The molecule has 8 nitrogen and oxygen atoms in total. The number of primary amides is 1. The number of rotatable bonds is 5. The Bertz CT molecular complexity index is 882. The number of hydrogen-bond donors (Lipinski definition) is 3. The van der Waals surface area contributed by atoms with Crippen molar-refractivity contribution in [1.82, 2.24) is 10.2 Å². The first kappa shape index (κ1) is 17.4. The van der Waals surface area contributed by atoms with Crippen molar-refractivity contribution in [3.8, 4) is 0 Å². The predicted octanol–water partition coefficient (Wildman–Crippen LogP) is -0.141. The number of fused-ring (bicyclic) bond motifs is 4. The topological polar surface area (TPSA) is 122 Å². The molecule has 8 heteroatoms. The lowest BCUT2D eigenvalue weighted by Crippen LogP contribution is -2.53. The minimum absolute atomic E-state index is 0.0587. The van der Waals surface area contributed by atoms with E-state index in [1.807, 2.05) is 0 Å². The lowest BCUT2D eigenvalue weighted by molar-refractivity contribution is -0.142. The summed E-state index contributed by atoms with van der Waals surface area (Å²) in [6.07, 6.45) is 1.82. The minimum Gasteiger partial charge on any atom is -0.370 e. The van der Waals surface area contributed by atoms with Crippen molar-refractivity contribution in [2.75, 3.05) is 11.9 Å². The Morgan fingerprint density at radius 2 is 2.00 bits per heavy atom. The van der Waals surface area contributed by atoms with Gasteiger partial charge in [0.2, 0.25) is 23.6 Å². The zero-order valence-corrected chi connectivity index (χ0v) is 14.6. The first-order chi connectivity index (χ1) is 12.9. The Hall–Kier alpha value is -3.00. The number of imide groups is 1. The Balaban J connectivity index is 1.83. The van der Waals surface area contributed by atoms with Crippen molar-refractivity contribution in [1.29, 1.82) is 0 Å². The molecule has 0 aromatic heterocycles. The van der Waals surface area contributed by atoms with Crippen LogP contribution in [0.5, 0.6) is 0 Å². The van der Waals surface area contributed by atoms with Crippen LogP contribution in [0.15, 0.2) is 36.9 Å². The molecule has 0 aliphatic carbocycles. The van der Waals surface area contributed by atoms with Gasteiger partial charge in [0.1, 0.15) is 5.54 Å². The second kappa shape index (κ2) is 6.02. The van der Waals surface area contributed by atoms with Gasteiger partial charge in [-0.15, -0.1) is 6.58 Å². The van der Waals surface area contributed by atoms with Gasteiger partial charge in [-0.1, -0.05) is 24.3 Å². The monoisotopic (exact) mass is 368 g/mol. The Labute approximate surface area is 155 Å². The number of carbonyl (C=O) groups is 4. The van der Waals surface area contributed by atoms with Crippen molar-refractivity contribution >= 4 is 29.3 Å². The van der Waals surface area contributed by atoms with E-state index in [9.17, 15) is 19.2 Å². The summed E-state index contributed by atoms with van der Waals surface area (Å²) in [7, 11) is 0. The van der Waals surface area contributed by atoms with Crippen LogP contribution in [0.2, 0.25) is 0 Å². The third-order valence-corrected chi connectivity index (χ3v) is 5.73. The molecule has 4 amide bonds. The fourth-order valence-electron chi connectivity index (χ4n) is 4.67. The summed E-state index contributed by atoms with van der Waals surface area (Å²) in [5.41, 5.74) is 5.21. The van der Waals surface area contributed by atoms with Gasteiger partial charge in [-0.2, -0.15) is 0 Å². The van der Waals surface area contributed by atoms with Crippen LogP contribution in [-0.4, -0.2) is 41.1 Å². The summed E-state index contributed by atoms with van der Waals surface area (Å²) in [5, 5.41) is 6.05. The van der Waals surface area contributed by atoms with Crippen molar-refractivity contribution in [2.45, 2.75) is 24.4 Å². The lowest BCUT2D eigenvalue weighted by atomic mass is 9.76. The molecule has 3 aliphatic rings. The Kier molecular flexibility index (Phi) is 3.88. The molecule has 0 saturated carbocycles. The first-order valence-electron chi connectivity index (χ1n) is 8.85. The third kappa shape index (κ3) is 2.26. The van der Waals surface area contributed by atoms with E-state index in [1.54, 1.807) is 24.3 Å². The maximum atomic E-state index is 13.1. The number of likely N-dealkylation sites (tertiary alicyclic amines) is 1. The number of nitrogens with zero attached hydrogens (tertiary/aromatic N) is 1.